The number of nitrogens with one attached hydrogen (secondary N) is 1. The Kier molecular flexibility index (Phi) is 5.34. The topological polar surface area (TPSA) is 82.2 Å². The van der Waals surface area contributed by atoms with Gasteiger partial charge in [0.1, 0.15) is 5.75 Å². The second kappa shape index (κ2) is 7.84. The number of para-hydroxylation sites is 3. The number of nitrogens with zero attached hydrogens (tertiary/aromatic N) is 2. The fraction of sp³-hybridized carbons (Fsp3) is 0.200. The van der Waals surface area contributed by atoms with E-state index in [0.29, 0.717) is 17.2 Å². The van der Waals surface area contributed by atoms with Gasteiger partial charge in [0.05, 0.1) is 17.9 Å². The molecule has 0 bridgehead atoms. The molecule has 3 N–H and O–H groups in total. The Labute approximate surface area is 152 Å². The van der Waals surface area contributed by atoms with Crippen LogP contribution in [0.25, 0.3) is 11.3 Å². The van der Waals surface area contributed by atoms with Gasteiger partial charge in [-0.2, -0.15) is 5.10 Å². The van der Waals surface area contributed by atoms with E-state index in [4.69, 9.17) is 10.5 Å². The van der Waals surface area contributed by atoms with E-state index in [2.05, 4.69) is 24.3 Å². The molecule has 134 valence electrons. The molecule has 3 rings (SSSR count). The summed E-state index contributed by atoms with van der Waals surface area (Å²) >= 11 is 0. The average Bonchev–Trinajstić information content (AvgIpc) is 3.14. The van der Waals surface area contributed by atoms with Crippen molar-refractivity contribution in [1.82, 2.24) is 9.78 Å². The van der Waals surface area contributed by atoms with Crippen molar-refractivity contribution in [2.75, 3.05) is 11.9 Å². The van der Waals surface area contributed by atoms with Crippen LogP contribution in [-0.4, -0.2) is 22.2 Å². The predicted octanol–water partition coefficient (Wildman–Crippen LogP) is 3.82. The third-order valence-electron chi connectivity index (χ3n) is 3.87. The maximum Gasteiger partial charge on any atom is 0.238 e. The normalized spacial score (nSPS) is 10.8. The van der Waals surface area contributed by atoms with Crippen LogP contribution in [0.3, 0.4) is 0 Å². The summed E-state index contributed by atoms with van der Waals surface area (Å²) in [6.07, 6.45) is 1.95. The van der Waals surface area contributed by atoms with Crippen molar-refractivity contribution in [3.05, 3.63) is 60.8 Å². The van der Waals surface area contributed by atoms with Crippen LogP contribution in [0.1, 0.15) is 19.9 Å². The Balaban J connectivity index is 1.93. The minimum Gasteiger partial charge on any atom is -0.454 e. The number of ether oxygens (including phenoxy) is 1. The molecule has 0 saturated carbocycles. The molecular formula is C20H22N4O2. The number of carbonyl (C=O) groups excluding carboxylic acids is 1. The van der Waals surface area contributed by atoms with Crippen molar-refractivity contribution in [1.29, 1.82) is 0 Å². The molecular weight excluding hydrogens is 328 g/mol. The summed E-state index contributed by atoms with van der Waals surface area (Å²) in [5.41, 5.74) is 7.67. The predicted molar refractivity (Wildman–Crippen MR) is 102 cm³/mol. The zero-order valence-corrected chi connectivity index (χ0v) is 14.8. The number of carbonyl (C=O) groups is 1. The quantitative estimate of drug-likeness (QED) is 0.708. The Bertz CT molecular complexity index is 902. The van der Waals surface area contributed by atoms with E-state index >= 15 is 0 Å². The SMILES string of the molecule is CC(C)n1ccc(-c2ccccc2Oc2ccccc2NC(=O)CN)n1. The van der Waals surface area contributed by atoms with Gasteiger partial charge in [0.2, 0.25) is 5.91 Å². The van der Waals surface area contributed by atoms with E-state index in [0.717, 1.165) is 11.3 Å². The summed E-state index contributed by atoms with van der Waals surface area (Å²) < 4.78 is 8.01. The molecule has 6 nitrogen and oxygen atoms in total. The number of aromatic nitrogens is 2. The number of amides is 1. The number of rotatable bonds is 6. The summed E-state index contributed by atoms with van der Waals surface area (Å²) in [6, 6.07) is 17.2. The third kappa shape index (κ3) is 3.92. The summed E-state index contributed by atoms with van der Waals surface area (Å²) in [4.78, 5) is 11.6. The minimum absolute atomic E-state index is 0.0858. The van der Waals surface area contributed by atoms with Gasteiger partial charge in [-0.25, -0.2) is 0 Å². The fourth-order valence-electron chi connectivity index (χ4n) is 2.52. The first-order valence-corrected chi connectivity index (χ1v) is 8.50. The van der Waals surface area contributed by atoms with E-state index < -0.39 is 0 Å². The molecule has 6 heteroatoms. The van der Waals surface area contributed by atoms with Crippen LogP contribution in [0.2, 0.25) is 0 Å². The van der Waals surface area contributed by atoms with E-state index in [1.54, 1.807) is 12.1 Å². The lowest BCUT2D eigenvalue weighted by molar-refractivity contribution is -0.114. The highest BCUT2D eigenvalue weighted by molar-refractivity contribution is 5.93. The number of hydrogen-bond acceptors (Lipinski definition) is 4. The molecule has 0 unspecified atom stereocenters. The van der Waals surface area contributed by atoms with Crippen LogP contribution in [0, 0.1) is 0 Å². The highest BCUT2D eigenvalue weighted by atomic mass is 16.5. The lowest BCUT2D eigenvalue weighted by atomic mass is 10.1. The highest BCUT2D eigenvalue weighted by Crippen LogP contribution is 2.35. The highest BCUT2D eigenvalue weighted by Gasteiger charge is 2.13. The zero-order valence-electron chi connectivity index (χ0n) is 14.8. The number of benzene rings is 2. The summed E-state index contributed by atoms with van der Waals surface area (Å²) in [5, 5.41) is 7.37. The molecule has 0 saturated heterocycles. The van der Waals surface area contributed by atoms with E-state index in [9.17, 15) is 4.79 Å². The lowest BCUT2D eigenvalue weighted by Gasteiger charge is -2.14. The molecule has 0 spiro atoms. The monoisotopic (exact) mass is 350 g/mol. The molecule has 0 aliphatic carbocycles. The van der Waals surface area contributed by atoms with Crippen molar-refractivity contribution >= 4 is 11.6 Å². The molecule has 1 heterocycles. The van der Waals surface area contributed by atoms with Gasteiger partial charge in [-0.3, -0.25) is 9.48 Å². The molecule has 26 heavy (non-hydrogen) atoms. The van der Waals surface area contributed by atoms with Crippen molar-refractivity contribution in [2.45, 2.75) is 19.9 Å². The molecule has 0 radical (unpaired) electrons. The van der Waals surface area contributed by atoms with Gasteiger partial charge in [-0.05, 0) is 44.2 Å². The van der Waals surface area contributed by atoms with Gasteiger partial charge >= 0.3 is 0 Å². The molecule has 2 aromatic carbocycles. The van der Waals surface area contributed by atoms with Crippen molar-refractivity contribution in [3.8, 4) is 22.8 Å². The first-order valence-electron chi connectivity index (χ1n) is 8.50. The van der Waals surface area contributed by atoms with Crippen molar-refractivity contribution in [3.63, 3.8) is 0 Å². The van der Waals surface area contributed by atoms with Gasteiger partial charge in [0.15, 0.2) is 5.75 Å². The van der Waals surface area contributed by atoms with Gasteiger partial charge in [-0.15, -0.1) is 0 Å². The standard InChI is InChI=1S/C20H22N4O2/c1-14(2)24-12-11-16(23-24)15-7-3-5-9-18(15)26-19-10-6-4-8-17(19)22-20(25)13-21/h3-12,14H,13,21H2,1-2H3,(H,22,25). The Morgan fingerprint density at radius 3 is 2.50 bits per heavy atom. The largest absolute Gasteiger partial charge is 0.454 e. The molecule has 1 aromatic heterocycles. The minimum atomic E-state index is -0.273. The Morgan fingerprint density at radius 2 is 1.81 bits per heavy atom. The van der Waals surface area contributed by atoms with E-state index in [1.165, 1.54) is 0 Å². The maximum absolute atomic E-state index is 11.6. The molecule has 1 amide bonds. The molecule has 0 aliphatic heterocycles. The van der Waals surface area contributed by atoms with Crippen molar-refractivity contribution < 1.29 is 9.53 Å². The van der Waals surface area contributed by atoms with Gasteiger partial charge in [-0.1, -0.05) is 24.3 Å². The molecule has 0 aliphatic rings. The fourth-order valence-corrected chi connectivity index (χ4v) is 2.52. The average molecular weight is 350 g/mol. The first kappa shape index (κ1) is 17.7. The van der Waals surface area contributed by atoms with Crippen LogP contribution >= 0.6 is 0 Å². The Hall–Kier alpha value is -3.12. The third-order valence-corrected chi connectivity index (χ3v) is 3.87. The van der Waals surface area contributed by atoms with E-state index in [-0.39, 0.29) is 18.5 Å². The second-order valence-corrected chi connectivity index (χ2v) is 6.12. The van der Waals surface area contributed by atoms with E-state index in [1.807, 2.05) is 53.3 Å². The maximum atomic E-state index is 11.6. The Morgan fingerprint density at radius 1 is 1.12 bits per heavy atom. The lowest BCUT2D eigenvalue weighted by Crippen LogP contribution is -2.22. The number of nitrogens with two attached hydrogens (primary N) is 1. The second-order valence-electron chi connectivity index (χ2n) is 6.12. The number of hydrogen-bond donors (Lipinski definition) is 2. The molecule has 3 aromatic rings. The van der Waals surface area contributed by atoms with Crippen LogP contribution in [0.4, 0.5) is 5.69 Å². The van der Waals surface area contributed by atoms with Crippen LogP contribution in [0.5, 0.6) is 11.5 Å². The van der Waals surface area contributed by atoms with Gasteiger partial charge < -0.3 is 15.8 Å². The van der Waals surface area contributed by atoms with Gasteiger partial charge in [0, 0.05) is 17.8 Å². The smallest absolute Gasteiger partial charge is 0.238 e. The van der Waals surface area contributed by atoms with Crippen LogP contribution in [-0.2, 0) is 4.79 Å². The van der Waals surface area contributed by atoms with Crippen molar-refractivity contribution in [2.24, 2.45) is 5.73 Å². The van der Waals surface area contributed by atoms with Gasteiger partial charge in [0.25, 0.3) is 0 Å². The summed E-state index contributed by atoms with van der Waals surface area (Å²) in [7, 11) is 0. The van der Waals surface area contributed by atoms with Crippen LogP contribution in [0.15, 0.2) is 60.8 Å². The van der Waals surface area contributed by atoms with Crippen LogP contribution < -0.4 is 15.8 Å². The zero-order chi connectivity index (χ0) is 18.5. The molecule has 0 fully saturated rings. The summed E-state index contributed by atoms with van der Waals surface area (Å²) in [6.45, 7) is 4.07. The molecule has 0 atom stereocenters. The number of anilines is 1. The first-order chi connectivity index (χ1) is 12.6. The summed E-state index contributed by atoms with van der Waals surface area (Å²) in [5.74, 6) is 0.936.